The van der Waals surface area contributed by atoms with E-state index in [0.717, 1.165) is 39.1 Å². The topological polar surface area (TPSA) is 62.3 Å². The number of nitrogens with one attached hydrogen (secondary N) is 1. The highest BCUT2D eigenvalue weighted by Crippen LogP contribution is 2.08. The molecule has 1 rings (SSSR count). The Morgan fingerprint density at radius 2 is 2.43 bits per heavy atom. The van der Waals surface area contributed by atoms with Crippen LogP contribution in [0.4, 0.5) is 0 Å². The van der Waals surface area contributed by atoms with Crippen LogP contribution in [-0.4, -0.2) is 43.1 Å². The molecule has 0 aromatic heterocycles. The van der Waals surface area contributed by atoms with Crippen molar-refractivity contribution in [3.8, 4) is 0 Å². The van der Waals surface area contributed by atoms with Crippen LogP contribution < -0.4 is 5.73 Å². The molecule has 0 bridgehead atoms. The predicted octanol–water partition coefficient (Wildman–Crippen LogP) is 0.813. The van der Waals surface area contributed by atoms with Crippen molar-refractivity contribution in [3.63, 3.8) is 0 Å². The van der Waals surface area contributed by atoms with Gasteiger partial charge in [-0.15, -0.1) is 0 Å². The third-order valence-electron chi connectivity index (χ3n) is 2.60. The number of morpholine rings is 1. The number of amidine groups is 1. The highest BCUT2D eigenvalue weighted by atomic mass is 16.5. The summed E-state index contributed by atoms with van der Waals surface area (Å²) in [5.41, 5.74) is 5.30. The number of ether oxygens (including phenoxy) is 1. The molecule has 1 fully saturated rings. The van der Waals surface area contributed by atoms with Crippen molar-refractivity contribution in [3.05, 3.63) is 0 Å². The SMILES string of the molecule is CCC1CN(CCCC(=N)N)CCO1. The first-order valence-electron chi connectivity index (χ1n) is 5.39. The van der Waals surface area contributed by atoms with Crippen LogP contribution in [0.5, 0.6) is 0 Å². The predicted molar refractivity (Wildman–Crippen MR) is 57.6 cm³/mol. The van der Waals surface area contributed by atoms with Gasteiger partial charge in [-0.05, 0) is 19.4 Å². The van der Waals surface area contributed by atoms with Crippen LogP contribution in [0.2, 0.25) is 0 Å². The van der Waals surface area contributed by atoms with Crippen molar-refractivity contribution in [1.82, 2.24) is 4.90 Å². The van der Waals surface area contributed by atoms with Crippen molar-refractivity contribution >= 4 is 5.84 Å². The summed E-state index contributed by atoms with van der Waals surface area (Å²) in [5.74, 6) is 0.297. The Kier molecular flexibility index (Phi) is 4.90. The fourth-order valence-electron chi connectivity index (χ4n) is 1.72. The molecule has 0 aromatic carbocycles. The maximum absolute atomic E-state index is 7.12. The Morgan fingerprint density at radius 3 is 3.07 bits per heavy atom. The Balaban J connectivity index is 2.14. The van der Waals surface area contributed by atoms with E-state index < -0.39 is 0 Å². The Bertz CT molecular complexity index is 184. The van der Waals surface area contributed by atoms with Gasteiger partial charge in [0.15, 0.2) is 0 Å². The summed E-state index contributed by atoms with van der Waals surface area (Å²) in [6.45, 7) is 6.10. The average molecular weight is 199 g/mol. The minimum atomic E-state index is 0.297. The summed E-state index contributed by atoms with van der Waals surface area (Å²) in [6.07, 6.45) is 3.20. The van der Waals surface area contributed by atoms with Gasteiger partial charge in [0.2, 0.25) is 0 Å². The van der Waals surface area contributed by atoms with Crippen LogP contribution in [0.3, 0.4) is 0 Å². The molecule has 1 saturated heterocycles. The molecule has 3 N–H and O–H groups in total. The van der Waals surface area contributed by atoms with Gasteiger partial charge in [0, 0.05) is 19.5 Å². The molecule has 4 heteroatoms. The quantitative estimate of drug-likeness (QED) is 0.509. The fraction of sp³-hybridized carbons (Fsp3) is 0.900. The number of rotatable bonds is 5. The van der Waals surface area contributed by atoms with Crippen LogP contribution in [0.15, 0.2) is 0 Å². The molecule has 14 heavy (non-hydrogen) atoms. The highest BCUT2D eigenvalue weighted by Gasteiger charge is 2.17. The minimum Gasteiger partial charge on any atom is -0.388 e. The molecular weight excluding hydrogens is 178 g/mol. The number of hydrogen-bond donors (Lipinski definition) is 2. The van der Waals surface area contributed by atoms with Gasteiger partial charge in [-0.1, -0.05) is 6.92 Å². The van der Waals surface area contributed by atoms with Gasteiger partial charge in [-0.25, -0.2) is 0 Å². The van der Waals surface area contributed by atoms with E-state index in [9.17, 15) is 0 Å². The zero-order chi connectivity index (χ0) is 10.4. The maximum Gasteiger partial charge on any atom is 0.0905 e. The molecule has 0 spiro atoms. The summed E-state index contributed by atoms with van der Waals surface area (Å²) >= 11 is 0. The normalized spacial score (nSPS) is 23.6. The van der Waals surface area contributed by atoms with Crippen LogP contribution in [0.1, 0.15) is 26.2 Å². The highest BCUT2D eigenvalue weighted by molar-refractivity contribution is 5.76. The lowest BCUT2D eigenvalue weighted by Gasteiger charge is -2.32. The van der Waals surface area contributed by atoms with E-state index in [4.69, 9.17) is 15.9 Å². The lowest BCUT2D eigenvalue weighted by Crippen LogP contribution is -2.42. The van der Waals surface area contributed by atoms with Gasteiger partial charge in [-0.3, -0.25) is 10.3 Å². The van der Waals surface area contributed by atoms with Crippen molar-refractivity contribution in [2.24, 2.45) is 5.73 Å². The van der Waals surface area contributed by atoms with Crippen LogP contribution in [0, 0.1) is 5.41 Å². The molecule has 0 radical (unpaired) electrons. The molecule has 1 aliphatic heterocycles. The molecule has 0 saturated carbocycles. The first-order chi connectivity index (χ1) is 6.72. The average Bonchev–Trinajstić information content (AvgIpc) is 2.18. The van der Waals surface area contributed by atoms with Gasteiger partial charge in [0.05, 0.1) is 18.5 Å². The van der Waals surface area contributed by atoms with Crippen LogP contribution in [-0.2, 0) is 4.74 Å². The third-order valence-corrected chi connectivity index (χ3v) is 2.60. The molecule has 82 valence electrons. The summed E-state index contributed by atoms with van der Waals surface area (Å²) < 4.78 is 5.58. The number of nitrogens with two attached hydrogens (primary N) is 1. The summed E-state index contributed by atoms with van der Waals surface area (Å²) in [7, 11) is 0. The van der Waals surface area contributed by atoms with E-state index in [1.54, 1.807) is 0 Å². The molecule has 0 aliphatic carbocycles. The minimum absolute atomic E-state index is 0.297. The summed E-state index contributed by atoms with van der Waals surface area (Å²) in [5, 5.41) is 7.12. The number of hydrogen-bond acceptors (Lipinski definition) is 3. The standard InChI is InChI=1S/C10H21N3O/c1-2-9-8-13(6-7-14-9)5-3-4-10(11)12/h9H,2-8H2,1H3,(H3,11,12). The molecule has 1 heterocycles. The fourth-order valence-corrected chi connectivity index (χ4v) is 1.72. The second-order valence-corrected chi connectivity index (χ2v) is 3.83. The van der Waals surface area contributed by atoms with E-state index in [0.29, 0.717) is 18.4 Å². The van der Waals surface area contributed by atoms with E-state index in [-0.39, 0.29) is 0 Å². The Labute approximate surface area is 85.9 Å². The first-order valence-corrected chi connectivity index (χ1v) is 5.39. The van der Waals surface area contributed by atoms with Gasteiger partial charge in [0.1, 0.15) is 0 Å². The van der Waals surface area contributed by atoms with Crippen molar-refractivity contribution in [2.45, 2.75) is 32.3 Å². The molecule has 1 atom stereocenters. The lowest BCUT2D eigenvalue weighted by molar-refractivity contribution is -0.0296. The zero-order valence-electron chi connectivity index (χ0n) is 8.96. The van der Waals surface area contributed by atoms with Crippen molar-refractivity contribution in [2.75, 3.05) is 26.2 Å². The van der Waals surface area contributed by atoms with Gasteiger partial charge in [-0.2, -0.15) is 0 Å². The van der Waals surface area contributed by atoms with E-state index in [1.807, 2.05) is 0 Å². The Morgan fingerprint density at radius 1 is 1.64 bits per heavy atom. The molecule has 0 aromatic rings. The van der Waals surface area contributed by atoms with Crippen LogP contribution >= 0.6 is 0 Å². The molecule has 1 unspecified atom stereocenters. The summed E-state index contributed by atoms with van der Waals surface area (Å²) in [4.78, 5) is 2.40. The van der Waals surface area contributed by atoms with Crippen LogP contribution in [0.25, 0.3) is 0 Å². The molecule has 4 nitrogen and oxygen atoms in total. The van der Waals surface area contributed by atoms with Gasteiger partial charge in [0.25, 0.3) is 0 Å². The van der Waals surface area contributed by atoms with Gasteiger partial charge < -0.3 is 10.5 Å². The lowest BCUT2D eigenvalue weighted by atomic mass is 10.2. The molecular formula is C10H21N3O. The van der Waals surface area contributed by atoms with E-state index in [2.05, 4.69) is 11.8 Å². The monoisotopic (exact) mass is 199 g/mol. The van der Waals surface area contributed by atoms with E-state index >= 15 is 0 Å². The van der Waals surface area contributed by atoms with E-state index in [1.165, 1.54) is 0 Å². The van der Waals surface area contributed by atoms with Crippen molar-refractivity contribution < 1.29 is 4.74 Å². The third kappa shape index (κ3) is 4.07. The van der Waals surface area contributed by atoms with Gasteiger partial charge >= 0.3 is 0 Å². The number of nitrogens with zero attached hydrogens (tertiary/aromatic N) is 1. The smallest absolute Gasteiger partial charge is 0.0905 e. The second-order valence-electron chi connectivity index (χ2n) is 3.83. The molecule has 0 amide bonds. The maximum atomic E-state index is 7.12. The molecule has 1 aliphatic rings. The first kappa shape index (κ1) is 11.5. The summed E-state index contributed by atoms with van der Waals surface area (Å²) in [6, 6.07) is 0. The largest absolute Gasteiger partial charge is 0.388 e. The second kappa shape index (κ2) is 5.98. The van der Waals surface area contributed by atoms with Crippen molar-refractivity contribution in [1.29, 1.82) is 5.41 Å². The zero-order valence-corrected chi connectivity index (χ0v) is 8.96. The Hall–Kier alpha value is -0.610.